The molecular formula is C37H38B2N2O2. The number of benzene rings is 5. The van der Waals surface area contributed by atoms with Gasteiger partial charge in [0.1, 0.15) is 0 Å². The number of rotatable bonds is 8. The van der Waals surface area contributed by atoms with Gasteiger partial charge in [-0.15, -0.1) is 0 Å². The van der Waals surface area contributed by atoms with Crippen LogP contribution in [0.5, 0.6) is 0 Å². The highest BCUT2D eigenvalue weighted by molar-refractivity contribution is 6.68. The van der Waals surface area contributed by atoms with Crippen molar-refractivity contribution in [1.29, 1.82) is 0 Å². The molecule has 2 heterocycles. The first kappa shape index (κ1) is 28.9. The zero-order valence-corrected chi connectivity index (χ0v) is 25.1. The minimum atomic E-state index is 0.185. The average molecular weight is 564 g/mol. The molecule has 0 amide bonds. The van der Waals surface area contributed by atoms with Gasteiger partial charge in [0.2, 0.25) is 0 Å². The number of hydrogen-bond acceptors (Lipinski definition) is 4. The summed E-state index contributed by atoms with van der Waals surface area (Å²) in [6.07, 6.45) is 0. The van der Waals surface area contributed by atoms with E-state index in [4.69, 9.17) is 9.31 Å². The summed E-state index contributed by atoms with van der Waals surface area (Å²) in [7, 11) is 0. The van der Waals surface area contributed by atoms with Crippen LogP contribution in [0.1, 0.15) is 27.8 Å². The lowest BCUT2D eigenvalue weighted by Gasteiger charge is -2.26. The Morgan fingerprint density at radius 2 is 1.07 bits per heavy atom. The molecule has 4 nitrogen and oxygen atoms in total. The summed E-state index contributed by atoms with van der Waals surface area (Å²) in [5, 5.41) is 3.46. The second-order valence-electron chi connectivity index (χ2n) is 11.4. The van der Waals surface area contributed by atoms with E-state index in [1.54, 1.807) is 0 Å². The third kappa shape index (κ3) is 7.40. The summed E-state index contributed by atoms with van der Waals surface area (Å²) in [5.74, 6) is 0. The Kier molecular flexibility index (Phi) is 9.27. The van der Waals surface area contributed by atoms with Gasteiger partial charge in [-0.2, -0.15) is 0 Å². The lowest BCUT2D eigenvalue weighted by molar-refractivity contribution is 0.333. The Labute approximate surface area is 256 Å². The number of anilines is 2. The van der Waals surface area contributed by atoms with Crippen molar-refractivity contribution in [3.63, 3.8) is 0 Å². The van der Waals surface area contributed by atoms with E-state index in [-0.39, 0.29) is 13.8 Å². The number of fused-ring (bicyclic) bond motifs is 2. The van der Waals surface area contributed by atoms with Gasteiger partial charge in [-0.1, -0.05) is 117 Å². The summed E-state index contributed by atoms with van der Waals surface area (Å²) in [4.78, 5) is 2.44. The first-order chi connectivity index (χ1) is 21.1. The van der Waals surface area contributed by atoms with Crippen molar-refractivity contribution in [3.8, 4) is 0 Å². The van der Waals surface area contributed by atoms with Crippen molar-refractivity contribution >= 4 is 36.1 Å². The second-order valence-corrected chi connectivity index (χ2v) is 11.4. The predicted molar refractivity (Wildman–Crippen MR) is 182 cm³/mol. The van der Waals surface area contributed by atoms with Crippen LogP contribution in [-0.2, 0) is 42.2 Å². The summed E-state index contributed by atoms with van der Waals surface area (Å²) in [5.41, 5.74) is 11.6. The van der Waals surface area contributed by atoms with Crippen molar-refractivity contribution in [2.24, 2.45) is 0 Å². The normalized spacial score (nSPS) is 13.2. The standard InChI is InChI=1S/C22H22BNO.C15H16BNO/c1-23-22-14-21(13-12-20(22)17-25-23)24(15-18-8-4-2-5-9-18)16-19-10-6-3-7-11-19;1-16-15-9-14(8-7-13(15)11-18-16)17-10-12-5-3-2-4-6-12/h2-14H,15-17H2,1H3;2-9,17H,10-11H2,1H3. The molecule has 0 aromatic heterocycles. The third-order valence-electron chi connectivity index (χ3n) is 8.27. The Balaban J connectivity index is 0.000000162. The Morgan fingerprint density at radius 3 is 1.63 bits per heavy atom. The van der Waals surface area contributed by atoms with Crippen molar-refractivity contribution < 1.29 is 9.31 Å². The zero-order valence-electron chi connectivity index (χ0n) is 25.1. The minimum absolute atomic E-state index is 0.185. The predicted octanol–water partition coefficient (Wildman–Crippen LogP) is 6.91. The molecule has 7 rings (SSSR count). The molecule has 0 fully saturated rings. The molecule has 43 heavy (non-hydrogen) atoms. The maximum atomic E-state index is 5.78. The summed E-state index contributed by atoms with van der Waals surface area (Å²) >= 11 is 0. The molecule has 0 saturated carbocycles. The Hall–Kier alpha value is -4.25. The molecule has 0 unspecified atom stereocenters. The van der Waals surface area contributed by atoms with Crippen LogP contribution in [0.25, 0.3) is 0 Å². The van der Waals surface area contributed by atoms with E-state index in [0.29, 0.717) is 0 Å². The van der Waals surface area contributed by atoms with Crippen LogP contribution in [0, 0.1) is 0 Å². The van der Waals surface area contributed by atoms with Gasteiger partial charge in [-0.05, 0) is 63.0 Å². The van der Waals surface area contributed by atoms with E-state index in [0.717, 1.165) is 38.5 Å². The second kappa shape index (κ2) is 13.8. The Morgan fingerprint density at radius 1 is 0.581 bits per heavy atom. The smallest absolute Gasteiger partial charge is 0.324 e. The summed E-state index contributed by atoms with van der Waals surface area (Å²) < 4.78 is 11.4. The fourth-order valence-electron chi connectivity index (χ4n) is 5.76. The van der Waals surface area contributed by atoms with E-state index < -0.39 is 0 Å². The molecule has 2 aliphatic rings. The topological polar surface area (TPSA) is 33.7 Å². The van der Waals surface area contributed by atoms with Crippen molar-refractivity contribution in [1.82, 2.24) is 0 Å². The van der Waals surface area contributed by atoms with Gasteiger partial charge in [0.15, 0.2) is 0 Å². The maximum Gasteiger partial charge on any atom is 0.324 e. The molecular weight excluding hydrogens is 526 g/mol. The average Bonchev–Trinajstić information content (AvgIpc) is 3.62. The first-order valence-electron chi connectivity index (χ1n) is 15.2. The highest BCUT2D eigenvalue weighted by Crippen LogP contribution is 2.23. The third-order valence-corrected chi connectivity index (χ3v) is 8.27. The molecule has 0 saturated heterocycles. The molecule has 0 aliphatic carbocycles. The van der Waals surface area contributed by atoms with Gasteiger partial charge in [0.25, 0.3) is 0 Å². The van der Waals surface area contributed by atoms with Crippen LogP contribution in [-0.4, -0.2) is 13.8 Å². The van der Waals surface area contributed by atoms with Crippen LogP contribution in [0.15, 0.2) is 127 Å². The van der Waals surface area contributed by atoms with Gasteiger partial charge in [0, 0.05) is 31.0 Å². The molecule has 0 atom stereocenters. The highest BCUT2D eigenvalue weighted by Gasteiger charge is 2.25. The van der Waals surface area contributed by atoms with E-state index >= 15 is 0 Å². The molecule has 6 heteroatoms. The highest BCUT2D eigenvalue weighted by atomic mass is 16.4. The van der Waals surface area contributed by atoms with Crippen molar-refractivity contribution in [2.75, 3.05) is 10.2 Å². The SMILES string of the molecule is CB1OCc2ccc(N(Cc3ccccc3)Cc3ccccc3)cc21.CB1OCc2ccc(NCc3ccccc3)cc21. The Bertz CT molecular complexity index is 1580. The van der Waals surface area contributed by atoms with E-state index in [9.17, 15) is 0 Å². The van der Waals surface area contributed by atoms with Gasteiger partial charge >= 0.3 is 13.8 Å². The summed E-state index contributed by atoms with van der Waals surface area (Å²) in [6.45, 7) is 8.76. The number of hydrogen-bond donors (Lipinski definition) is 1. The molecule has 1 N–H and O–H groups in total. The summed E-state index contributed by atoms with van der Waals surface area (Å²) in [6, 6.07) is 45.0. The van der Waals surface area contributed by atoms with Gasteiger partial charge < -0.3 is 19.5 Å². The first-order valence-corrected chi connectivity index (χ1v) is 15.2. The molecule has 0 radical (unpaired) electrons. The minimum Gasteiger partial charge on any atom is -0.427 e. The molecule has 0 spiro atoms. The van der Waals surface area contributed by atoms with Crippen molar-refractivity contribution in [3.05, 3.63) is 155 Å². The molecule has 5 aromatic carbocycles. The lowest BCUT2D eigenvalue weighted by Crippen LogP contribution is -2.27. The van der Waals surface area contributed by atoms with Crippen LogP contribution < -0.4 is 21.1 Å². The fraction of sp³-hybridized carbons (Fsp3) is 0.189. The number of nitrogens with zero attached hydrogens (tertiary/aromatic N) is 1. The van der Waals surface area contributed by atoms with Gasteiger partial charge in [-0.3, -0.25) is 0 Å². The van der Waals surface area contributed by atoms with E-state index in [1.807, 2.05) is 6.07 Å². The van der Waals surface area contributed by atoms with Crippen molar-refractivity contribution in [2.45, 2.75) is 46.5 Å². The van der Waals surface area contributed by atoms with Crippen LogP contribution in [0.4, 0.5) is 11.4 Å². The van der Waals surface area contributed by atoms with Crippen LogP contribution in [0.3, 0.4) is 0 Å². The molecule has 0 bridgehead atoms. The van der Waals surface area contributed by atoms with E-state index in [2.05, 4.69) is 145 Å². The van der Waals surface area contributed by atoms with Crippen LogP contribution in [0.2, 0.25) is 13.6 Å². The maximum absolute atomic E-state index is 5.78. The largest absolute Gasteiger partial charge is 0.427 e. The zero-order chi connectivity index (χ0) is 29.4. The quantitative estimate of drug-likeness (QED) is 0.208. The van der Waals surface area contributed by atoms with Gasteiger partial charge in [0.05, 0.1) is 13.2 Å². The lowest BCUT2D eigenvalue weighted by atomic mass is 9.64. The van der Waals surface area contributed by atoms with E-state index in [1.165, 1.54) is 44.4 Å². The monoisotopic (exact) mass is 564 g/mol. The molecule has 5 aromatic rings. The molecule has 2 aliphatic heterocycles. The fourth-order valence-corrected chi connectivity index (χ4v) is 5.76. The number of nitrogens with one attached hydrogen (secondary N) is 1. The molecule has 214 valence electrons. The van der Waals surface area contributed by atoms with Crippen LogP contribution >= 0.6 is 0 Å². The van der Waals surface area contributed by atoms with Gasteiger partial charge in [-0.25, -0.2) is 0 Å².